The normalized spacial score (nSPS) is 12.1. The van der Waals surface area contributed by atoms with Gasteiger partial charge in [0, 0.05) is 43.0 Å². The van der Waals surface area contributed by atoms with E-state index in [0.717, 1.165) is 22.9 Å². The molecule has 0 unspecified atom stereocenters. The Balaban J connectivity index is 1.89. The van der Waals surface area contributed by atoms with E-state index in [1.807, 2.05) is 62.4 Å². The third-order valence-corrected chi connectivity index (χ3v) is 8.43. The van der Waals surface area contributed by atoms with Crippen molar-refractivity contribution < 1.29 is 18.0 Å². The number of halogens is 2. The minimum Gasteiger partial charge on any atom is -0.357 e. The molecule has 3 aromatic carbocycles. The minimum absolute atomic E-state index is 0.0321. The van der Waals surface area contributed by atoms with Gasteiger partial charge in [-0.05, 0) is 60.7 Å². The lowest BCUT2D eigenvalue weighted by atomic mass is 10.0. The average Bonchev–Trinajstić information content (AvgIpc) is 2.90. The van der Waals surface area contributed by atoms with Crippen molar-refractivity contribution in [1.29, 1.82) is 0 Å². The van der Waals surface area contributed by atoms with Crippen LogP contribution < -0.4 is 9.62 Å². The third-order valence-electron chi connectivity index (χ3n) is 6.66. The fourth-order valence-corrected chi connectivity index (χ4v) is 6.01. The first-order valence-corrected chi connectivity index (χ1v) is 15.5. The summed E-state index contributed by atoms with van der Waals surface area (Å²) in [6.07, 6.45) is 1.75. The lowest BCUT2D eigenvalue weighted by Crippen LogP contribution is -2.49. The maximum Gasteiger partial charge on any atom is 0.242 e. The van der Waals surface area contributed by atoms with Gasteiger partial charge >= 0.3 is 0 Å². The van der Waals surface area contributed by atoms with Crippen molar-refractivity contribution in [1.82, 2.24) is 10.2 Å². The first-order chi connectivity index (χ1) is 18.9. The van der Waals surface area contributed by atoms with E-state index in [1.165, 1.54) is 16.3 Å². The van der Waals surface area contributed by atoms with Crippen molar-refractivity contribution in [3.05, 3.63) is 99.0 Å². The number of hydrogen-bond donors (Lipinski definition) is 1. The third kappa shape index (κ3) is 8.46. The lowest BCUT2D eigenvalue weighted by Gasteiger charge is -2.32. The maximum atomic E-state index is 13.8. The molecular formula is C30H35Cl2N3O4S. The van der Waals surface area contributed by atoms with Crippen LogP contribution >= 0.6 is 23.2 Å². The molecule has 0 bridgehead atoms. The van der Waals surface area contributed by atoms with Gasteiger partial charge in [0.05, 0.1) is 11.9 Å². The second-order valence-electron chi connectivity index (χ2n) is 9.81. The second kappa shape index (κ2) is 14.0. The van der Waals surface area contributed by atoms with Gasteiger partial charge in [-0.3, -0.25) is 13.9 Å². The van der Waals surface area contributed by atoms with Crippen molar-refractivity contribution in [3.63, 3.8) is 0 Å². The number of anilines is 1. The van der Waals surface area contributed by atoms with Gasteiger partial charge in [0.15, 0.2) is 0 Å². The smallest absolute Gasteiger partial charge is 0.242 e. The summed E-state index contributed by atoms with van der Waals surface area (Å²) >= 11 is 12.5. The summed E-state index contributed by atoms with van der Waals surface area (Å²) in [5.41, 5.74) is 3.89. The van der Waals surface area contributed by atoms with E-state index in [2.05, 4.69) is 5.32 Å². The zero-order valence-corrected chi connectivity index (χ0v) is 25.5. The number of nitrogens with one attached hydrogen (secondary N) is 1. The van der Waals surface area contributed by atoms with Crippen LogP contribution in [0.1, 0.15) is 35.1 Å². The monoisotopic (exact) mass is 603 g/mol. The molecule has 0 saturated carbocycles. The van der Waals surface area contributed by atoms with Gasteiger partial charge < -0.3 is 10.2 Å². The van der Waals surface area contributed by atoms with Crippen LogP contribution in [0.15, 0.2) is 66.7 Å². The Hall–Kier alpha value is -3.07. The summed E-state index contributed by atoms with van der Waals surface area (Å²) in [6.45, 7) is 3.96. The van der Waals surface area contributed by atoms with E-state index in [4.69, 9.17) is 23.2 Å². The van der Waals surface area contributed by atoms with Gasteiger partial charge in [0.1, 0.15) is 6.04 Å². The summed E-state index contributed by atoms with van der Waals surface area (Å²) in [5.74, 6) is -0.597. The molecule has 0 heterocycles. The number of sulfonamides is 1. The van der Waals surface area contributed by atoms with Crippen LogP contribution in [0, 0.1) is 13.8 Å². The predicted molar refractivity (Wildman–Crippen MR) is 162 cm³/mol. The van der Waals surface area contributed by atoms with E-state index in [0.29, 0.717) is 27.7 Å². The first-order valence-electron chi connectivity index (χ1n) is 12.9. The average molecular weight is 605 g/mol. The molecule has 0 saturated heterocycles. The van der Waals surface area contributed by atoms with Crippen LogP contribution in [-0.2, 0) is 32.6 Å². The van der Waals surface area contributed by atoms with Crippen molar-refractivity contribution >= 4 is 50.7 Å². The summed E-state index contributed by atoms with van der Waals surface area (Å²) in [5, 5.41) is 3.53. The van der Waals surface area contributed by atoms with E-state index in [9.17, 15) is 18.0 Å². The Bertz CT molecular complexity index is 1450. The van der Waals surface area contributed by atoms with Gasteiger partial charge in [-0.2, -0.15) is 0 Å². The molecule has 0 fully saturated rings. The summed E-state index contributed by atoms with van der Waals surface area (Å²) in [7, 11) is -2.06. The van der Waals surface area contributed by atoms with Crippen molar-refractivity contribution in [3.8, 4) is 0 Å². The number of nitrogens with zero attached hydrogens (tertiary/aromatic N) is 2. The molecular weight excluding hydrogens is 569 g/mol. The van der Waals surface area contributed by atoms with Gasteiger partial charge in [0.2, 0.25) is 21.8 Å². The summed E-state index contributed by atoms with van der Waals surface area (Å²) in [4.78, 5) is 28.4. The van der Waals surface area contributed by atoms with E-state index < -0.39 is 16.1 Å². The topological polar surface area (TPSA) is 86.8 Å². The highest BCUT2D eigenvalue weighted by molar-refractivity contribution is 7.92. The number of benzene rings is 3. The van der Waals surface area contributed by atoms with Gasteiger partial charge in [-0.25, -0.2) is 8.42 Å². The number of carbonyl (C=O) groups is 2. The standard InChI is InChI=1S/C30H35Cl2N3O4S/c1-21-12-13-22(2)27(17-21)35(40(4,38)39)16-8-11-29(36)34(20-24-14-15-25(31)19-26(24)32)28(30(37)33-3)18-23-9-6-5-7-10-23/h5-7,9-10,12-15,17,19,28H,8,11,16,18,20H2,1-4H3,(H,33,37)/t28-/m0/s1. The minimum atomic E-state index is -3.59. The molecule has 214 valence electrons. The van der Waals surface area contributed by atoms with E-state index in [-0.39, 0.29) is 37.7 Å². The highest BCUT2D eigenvalue weighted by atomic mass is 35.5. The molecule has 2 amide bonds. The van der Waals surface area contributed by atoms with Crippen LogP contribution in [0.3, 0.4) is 0 Å². The maximum absolute atomic E-state index is 13.8. The lowest BCUT2D eigenvalue weighted by molar-refractivity contribution is -0.141. The highest BCUT2D eigenvalue weighted by Gasteiger charge is 2.30. The van der Waals surface area contributed by atoms with Gasteiger partial charge in [-0.1, -0.05) is 71.7 Å². The molecule has 10 heteroatoms. The molecule has 1 N–H and O–H groups in total. The Kier molecular flexibility index (Phi) is 11.0. The predicted octanol–water partition coefficient (Wildman–Crippen LogP) is 5.54. The molecule has 3 aromatic rings. The second-order valence-corrected chi connectivity index (χ2v) is 12.6. The molecule has 0 spiro atoms. The number of aryl methyl sites for hydroxylation is 2. The summed E-state index contributed by atoms with van der Waals surface area (Å²) < 4.78 is 26.7. The Labute approximate surface area is 247 Å². The molecule has 0 aliphatic rings. The number of rotatable bonds is 12. The Morgan fingerprint density at radius 3 is 2.30 bits per heavy atom. The molecule has 3 rings (SSSR count). The number of amides is 2. The van der Waals surface area contributed by atoms with E-state index >= 15 is 0 Å². The Morgan fingerprint density at radius 1 is 0.975 bits per heavy atom. The van der Waals surface area contributed by atoms with Crippen molar-refractivity contribution in [2.24, 2.45) is 0 Å². The van der Waals surface area contributed by atoms with Crippen LogP contribution in [0.4, 0.5) is 5.69 Å². The zero-order chi connectivity index (χ0) is 29.4. The molecule has 40 heavy (non-hydrogen) atoms. The van der Waals surface area contributed by atoms with Crippen molar-refractivity contribution in [2.45, 2.75) is 45.7 Å². The number of carbonyl (C=O) groups excluding carboxylic acids is 2. The molecule has 0 aromatic heterocycles. The molecule has 1 atom stereocenters. The Morgan fingerprint density at radius 2 is 1.68 bits per heavy atom. The number of likely N-dealkylation sites (N-methyl/N-ethyl adjacent to an activating group) is 1. The molecule has 7 nitrogen and oxygen atoms in total. The summed E-state index contributed by atoms with van der Waals surface area (Å²) in [6, 6.07) is 19.3. The highest BCUT2D eigenvalue weighted by Crippen LogP contribution is 2.26. The van der Waals surface area contributed by atoms with Crippen molar-refractivity contribution in [2.75, 3.05) is 24.2 Å². The molecule has 0 aliphatic heterocycles. The van der Waals surface area contributed by atoms with Crippen LogP contribution in [0.2, 0.25) is 10.0 Å². The van der Waals surface area contributed by atoms with Crippen LogP contribution in [0.25, 0.3) is 0 Å². The van der Waals surface area contributed by atoms with Gasteiger partial charge in [0.25, 0.3) is 0 Å². The fraction of sp³-hybridized carbons (Fsp3) is 0.333. The van der Waals surface area contributed by atoms with E-state index in [1.54, 1.807) is 18.2 Å². The van der Waals surface area contributed by atoms with Crippen LogP contribution in [0.5, 0.6) is 0 Å². The quantitative estimate of drug-likeness (QED) is 0.294. The number of hydrogen-bond acceptors (Lipinski definition) is 4. The fourth-order valence-electron chi connectivity index (χ4n) is 4.52. The molecule has 0 radical (unpaired) electrons. The molecule has 0 aliphatic carbocycles. The van der Waals surface area contributed by atoms with Crippen LogP contribution in [-0.4, -0.2) is 51.0 Å². The SMILES string of the molecule is CNC(=O)[C@H](Cc1ccccc1)N(Cc1ccc(Cl)cc1Cl)C(=O)CCCN(c1cc(C)ccc1C)S(C)(=O)=O. The van der Waals surface area contributed by atoms with Gasteiger partial charge in [-0.15, -0.1) is 0 Å². The largest absolute Gasteiger partial charge is 0.357 e. The zero-order valence-electron chi connectivity index (χ0n) is 23.2. The first kappa shape index (κ1) is 31.5.